The van der Waals surface area contributed by atoms with Crippen LogP contribution >= 0.6 is 12.4 Å². The van der Waals surface area contributed by atoms with Crippen molar-refractivity contribution in [3.05, 3.63) is 36.2 Å². The summed E-state index contributed by atoms with van der Waals surface area (Å²) in [5.74, 6) is 0.767. The number of hydrogen-bond acceptors (Lipinski definition) is 4. The van der Waals surface area contributed by atoms with Crippen molar-refractivity contribution in [1.82, 2.24) is 9.78 Å². The fraction of sp³-hybridized carbons (Fsp3) is 0.231. The molecule has 19 heavy (non-hydrogen) atoms. The van der Waals surface area contributed by atoms with Crippen LogP contribution in [-0.2, 0) is 13.1 Å². The summed E-state index contributed by atoms with van der Waals surface area (Å²) in [6.45, 7) is 0.690. The minimum Gasteiger partial charge on any atom is -0.496 e. The molecule has 0 amide bonds. The highest BCUT2D eigenvalue weighted by molar-refractivity contribution is 5.85. The number of benzene rings is 1. The van der Waals surface area contributed by atoms with Crippen molar-refractivity contribution in [2.24, 2.45) is 5.73 Å². The predicted octanol–water partition coefficient (Wildman–Crippen LogP) is 1.96. The molecule has 0 spiro atoms. The Hall–Kier alpha value is -2.03. The van der Waals surface area contributed by atoms with E-state index in [2.05, 4.69) is 5.10 Å². The largest absolute Gasteiger partial charge is 0.496 e. The first-order chi connectivity index (χ1) is 8.78. The molecule has 0 atom stereocenters. The SMILES string of the molecule is COc1cc(-c2cnn(CC#N)c2)ccc1CN.Cl. The van der Waals surface area contributed by atoms with Crippen LogP contribution in [0.25, 0.3) is 11.1 Å². The number of rotatable bonds is 4. The molecule has 1 aromatic carbocycles. The van der Waals surface area contributed by atoms with Gasteiger partial charge in [0, 0.05) is 23.9 Å². The van der Waals surface area contributed by atoms with Gasteiger partial charge in [0.05, 0.1) is 19.4 Å². The van der Waals surface area contributed by atoms with Gasteiger partial charge in [-0.1, -0.05) is 12.1 Å². The molecule has 100 valence electrons. The Morgan fingerprint density at radius 3 is 2.84 bits per heavy atom. The lowest BCUT2D eigenvalue weighted by atomic mass is 10.1. The van der Waals surface area contributed by atoms with E-state index in [1.54, 1.807) is 18.0 Å². The maximum Gasteiger partial charge on any atom is 0.128 e. The second-order valence-electron chi connectivity index (χ2n) is 3.82. The van der Waals surface area contributed by atoms with Crippen LogP contribution < -0.4 is 10.5 Å². The van der Waals surface area contributed by atoms with Gasteiger partial charge < -0.3 is 10.5 Å². The Morgan fingerprint density at radius 2 is 2.21 bits per heavy atom. The molecule has 0 saturated heterocycles. The zero-order valence-corrected chi connectivity index (χ0v) is 11.4. The van der Waals surface area contributed by atoms with E-state index >= 15 is 0 Å². The van der Waals surface area contributed by atoms with Crippen molar-refractivity contribution in [1.29, 1.82) is 5.26 Å². The van der Waals surface area contributed by atoms with Gasteiger partial charge in [-0.05, 0) is 11.6 Å². The highest BCUT2D eigenvalue weighted by atomic mass is 35.5. The number of hydrogen-bond donors (Lipinski definition) is 1. The summed E-state index contributed by atoms with van der Waals surface area (Å²) >= 11 is 0. The highest BCUT2D eigenvalue weighted by Crippen LogP contribution is 2.26. The zero-order chi connectivity index (χ0) is 13.0. The Labute approximate surface area is 118 Å². The zero-order valence-electron chi connectivity index (χ0n) is 10.5. The second kappa shape index (κ2) is 6.78. The average molecular weight is 279 g/mol. The molecular weight excluding hydrogens is 264 g/mol. The molecule has 0 fully saturated rings. The normalized spacial score (nSPS) is 9.53. The summed E-state index contributed by atoms with van der Waals surface area (Å²) in [4.78, 5) is 0. The first-order valence-electron chi connectivity index (χ1n) is 5.55. The molecule has 6 heteroatoms. The smallest absolute Gasteiger partial charge is 0.128 e. The Bertz CT molecular complexity index is 589. The lowest BCUT2D eigenvalue weighted by Crippen LogP contribution is -1.99. The van der Waals surface area contributed by atoms with E-state index in [1.165, 1.54) is 0 Å². The van der Waals surface area contributed by atoms with Crippen molar-refractivity contribution in [2.45, 2.75) is 13.1 Å². The first-order valence-corrected chi connectivity index (χ1v) is 5.55. The summed E-state index contributed by atoms with van der Waals surface area (Å²) in [5, 5.41) is 12.7. The molecular formula is C13H15ClN4O. The van der Waals surface area contributed by atoms with E-state index in [1.807, 2.05) is 30.5 Å². The Kier molecular flexibility index (Phi) is 5.37. The molecule has 0 radical (unpaired) electrons. The van der Waals surface area contributed by atoms with Crippen LogP contribution in [0.15, 0.2) is 30.6 Å². The summed E-state index contributed by atoms with van der Waals surface area (Å²) in [6.07, 6.45) is 3.56. The van der Waals surface area contributed by atoms with E-state index in [0.29, 0.717) is 6.54 Å². The molecule has 5 nitrogen and oxygen atoms in total. The maximum absolute atomic E-state index is 8.61. The standard InChI is InChI=1S/C13H14N4O.ClH/c1-18-13-6-10(2-3-11(13)7-15)12-8-16-17(9-12)5-4-14;/h2-3,6,8-9H,5,7,15H2,1H3;1H. The van der Waals surface area contributed by atoms with Gasteiger partial charge in [0.25, 0.3) is 0 Å². The van der Waals surface area contributed by atoms with Crippen molar-refractivity contribution in [3.8, 4) is 22.9 Å². The van der Waals surface area contributed by atoms with E-state index in [-0.39, 0.29) is 19.0 Å². The van der Waals surface area contributed by atoms with Gasteiger partial charge in [-0.2, -0.15) is 10.4 Å². The number of ether oxygens (including phenoxy) is 1. The third-order valence-electron chi connectivity index (χ3n) is 2.71. The Morgan fingerprint density at radius 1 is 1.42 bits per heavy atom. The number of aromatic nitrogens is 2. The van der Waals surface area contributed by atoms with Gasteiger partial charge >= 0.3 is 0 Å². The fourth-order valence-electron chi connectivity index (χ4n) is 1.76. The second-order valence-corrected chi connectivity index (χ2v) is 3.82. The quantitative estimate of drug-likeness (QED) is 0.927. The van der Waals surface area contributed by atoms with Crippen molar-refractivity contribution >= 4 is 12.4 Å². The van der Waals surface area contributed by atoms with E-state index in [0.717, 1.165) is 22.4 Å². The van der Waals surface area contributed by atoms with Gasteiger partial charge in [-0.25, -0.2) is 0 Å². The van der Waals surface area contributed by atoms with Gasteiger partial charge in [0.15, 0.2) is 0 Å². The molecule has 0 saturated carbocycles. The maximum atomic E-state index is 8.61. The minimum absolute atomic E-state index is 0. The lowest BCUT2D eigenvalue weighted by molar-refractivity contribution is 0.410. The number of halogens is 1. The molecule has 0 aliphatic rings. The number of methoxy groups -OCH3 is 1. The topological polar surface area (TPSA) is 76.9 Å². The number of nitriles is 1. The van der Waals surface area contributed by atoms with Crippen LogP contribution in [0.2, 0.25) is 0 Å². The van der Waals surface area contributed by atoms with Gasteiger partial charge in [-0.15, -0.1) is 12.4 Å². The molecule has 2 rings (SSSR count). The molecule has 0 aliphatic carbocycles. The average Bonchev–Trinajstić information content (AvgIpc) is 2.87. The van der Waals surface area contributed by atoms with Crippen LogP contribution in [-0.4, -0.2) is 16.9 Å². The highest BCUT2D eigenvalue weighted by Gasteiger charge is 2.06. The summed E-state index contributed by atoms with van der Waals surface area (Å²) in [5.41, 5.74) is 8.53. The predicted molar refractivity (Wildman–Crippen MR) is 75.0 cm³/mol. The first kappa shape index (κ1) is 15.0. The van der Waals surface area contributed by atoms with Gasteiger partial charge in [0.1, 0.15) is 12.3 Å². The van der Waals surface area contributed by atoms with E-state index < -0.39 is 0 Å². The molecule has 1 heterocycles. The molecule has 0 aliphatic heterocycles. The monoisotopic (exact) mass is 278 g/mol. The van der Waals surface area contributed by atoms with Crippen LogP contribution in [0.5, 0.6) is 5.75 Å². The van der Waals surface area contributed by atoms with Crippen molar-refractivity contribution in [3.63, 3.8) is 0 Å². The van der Waals surface area contributed by atoms with Crippen molar-refractivity contribution in [2.75, 3.05) is 7.11 Å². The summed E-state index contributed by atoms with van der Waals surface area (Å²) in [6, 6.07) is 7.89. The molecule has 0 bridgehead atoms. The van der Waals surface area contributed by atoms with Gasteiger partial charge in [-0.3, -0.25) is 4.68 Å². The number of nitrogens with zero attached hydrogens (tertiary/aromatic N) is 3. The minimum atomic E-state index is 0. The molecule has 2 N–H and O–H groups in total. The molecule has 1 aromatic heterocycles. The number of nitrogens with two attached hydrogens (primary N) is 1. The molecule has 0 unspecified atom stereocenters. The van der Waals surface area contributed by atoms with Crippen molar-refractivity contribution < 1.29 is 4.74 Å². The van der Waals surface area contributed by atoms with Gasteiger partial charge in [0.2, 0.25) is 0 Å². The summed E-state index contributed by atoms with van der Waals surface area (Å²) in [7, 11) is 1.62. The van der Waals surface area contributed by atoms with Crippen LogP contribution in [0.4, 0.5) is 0 Å². The third kappa shape index (κ3) is 3.25. The van der Waals surface area contributed by atoms with E-state index in [4.69, 9.17) is 15.7 Å². The van der Waals surface area contributed by atoms with Crippen LogP contribution in [0.1, 0.15) is 5.56 Å². The lowest BCUT2D eigenvalue weighted by Gasteiger charge is -2.08. The van der Waals surface area contributed by atoms with E-state index in [9.17, 15) is 0 Å². The third-order valence-corrected chi connectivity index (χ3v) is 2.71. The summed E-state index contributed by atoms with van der Waals surface area (Å²) < 4.78 is 6.89. The molecule has 2 aromatic rings. The Balaban J connectivity index is 0.00000180. The fourth-order valence-corrected chi connectivity index (χ4v) is 1.76. The van der Waals surface area contributed by atoms with Crippen LogP contribution in [0.3, 0.4) is 0 Å². The van der Waals surface area contributed by atoms with Crippen LogP contribution in [0, 0.1) is 11.3 Å².